The molecule has 2 aromatic carbocycles. The molecule has 6 heterocycles. The lowest BCUT2D eigenvalue weighted by Crippen LogP contribution is -2.61. The number of imidazole rings is 1. The Morgan fingerprint density at radius 3 is 2.34 bits per heavy atom. The normalized spacial score (nSPS) is 27.2. The maximum Gasteiger partial charge on any atom is 0.329 e. The monoisotopic (exact) mass is 1080 g/mol. The van der Waals surface area contributed by atoms with E-state index in [0.717, 1.165) is 69.0 Å². The van der Waals surface area contributed by atoms with Crippen LogP contribution in [0.3, 0.4) is 0 Å². The van der Waals surface area contributed by atoms with Crippen LogP contribution in [0.25, 0.3) is 11.0 Å². The number of carbonyl (C=O) groups is 6. The molecule has 4 aromatic rings. The van der Waals surface area contributed by atoms with Gasteiger partial charge < -0.3 is 20.6 Å². The van der Waals surface area contributed by atoms with Crippen LogP contribution in [0.1, 0.15) is 139 Å². The van der Waals surface area contributed by atoms with Gasteiger partial charge in [0.15, 0.2) is 11.0 Å². The molecule has 2 spiro atoms. The molecule has 2 aromatic heterocycles. The number of pyridine rings is 1. The van der Waals surface area contributed by atoms with Gasteiger partial charge in [-0.25, -0.2) is 19.0 Å². The van der Waals surface area contributed by atoms with Crippen LogP contribution in [0, 0.1) is 17.2 Å². The Balaban J connectivity index is 0.721. The Morgan fingerprint density at radius 2 is 1.61 bits per heavy atom. The van der Waals surface area contributed by atoms with E-state index in [1.807, 2.05) is 24.3 Å². The van der Waals surface area contributed by atoms with Gasteiger partial charge in [0.2, 0.25) is 29.5 Å². The summed E-state index contributed by atoms with van der Waals surface area (Å²) >= 11 is 12.8. The van der Waals surface area contributed by atoms with Crippen molar-refractivity contribution in [1.82, 2.24) is 39.9 Å². The van der Waals surface area contributed by atoms with Gasteiger partial charge in [-0.3, -0.25) is 48.6 Å². The van der Waals surface area contributed by atoms with Gasteiger partial charge in [0.05, 0.1) is 17.1 Å². The van der Waals surface area contributed by atoms with E-state index in [-0.39, 0.29) is 70.9 Å². The molecule has 5 atom stereocenters. The Hall–Kier alpha value is -5.69. The van der Waals surface area contributed by atoms with Crippen molar-refractivity contribution >= 4 is 75.4 Å². The summed E-state index contributed by atoms with van der Waals surface area (Å²) in [7, 11) is 1.69. The molecule has 6 aliphatic rings. The number of piperidine rings is 1. The quantitative estimate of drug-likeness (QED) is 0.0497. The lowest BCUT2D eigenvalue weighted by Gasteiger charge is -2.50. The highest BCUT2D eigenvalue weighted by Gasteiger charge is 2.73. The van der Waals surface area contributed by atoms with Gasteiger partial charge in [0.25, 0.3) is 0 Å². The standard InChI is InChI=1S/C56H68Cl2FN9O8/c1-54(2)21-23-55(24-22-54)56(37-16-13-34(57)30-38(37)62-52(56)75)44(36-20-25-60-47(58)45(36)59)46(64-55)49(71)61-35-14-11-33(12-15-35)50(72)67-28-27-66(31-42(67)51(73)74)26-8-6-4-5-7-9-32-10-17-39-41(29-32)65(3)53(76)68(39)40-18-19-43(69)63-48(40)70/h10,13,16-17,20,25,29-30,33,35,40,42,44,46,64H,4-9,11-12,14-15,18-19,21-24,26-28,31H2,1-3H3,(H,61,71)(H,62,75)(H,73,74)(H,63,69,70)/t33?,35?,40?,42-,44-,46+,56+/m0/s1. The second kappa shape index (κ2) is 21.3. The molecule has 3 saturated heterocycles. The van der Waals surface area contributed by atoms with Crippen LogP contribution in [-0.2, 0) is 47.7 Å². The topological polar surface area (TPSA) is 217 Å². The highest BCUT2D eigenvalue weighted by Crippen LogP contribution is 2.64. The molecular formula is C56H68Cl2FN9O8. The Bertz CT molecular complexity index is 3030. The van der Waals surface area contributed by atoms with Crippen LogP contribution in [0.15, 0.2) is 53.5 Å². The van der Waals surface area contributed by atoms with Crippen molar-refractivity contribution in [3.63, 3.8) is 0 Å². The Morgan fingerprint density at radius 1 is 0.868 bits per heavy atom. The van der Waals surface area contributed by atoms with Crippen molar-refractivity contribution in [2.45, 2.75) is 158 Å². The van der Waals surface area contributed by atoms with Crippen molar-refractivity contribution in [3.05, 3.63) is 91.8 Å². The minimum Gasteiger partial charge on any atom is -0.480 e. The zero-order chi connectivity index (χ0) is 53.8. The number of nitrogens with zero attached hydrogens (tertiary/aromatic N) is 5. The number of aliphatic carboxylic acids is 1. The lowest BCUT2D eigenvalue weighted by atomic mass is 9.53. The molecule has 2 aliphatic carbocycles. The molecule has 20 heteroatoms. The number of carboxylic acid groups (broad SMARTS) is 1. The van der Waals surface area contributed by atoms with Crippen molar-refractivity contribution in [2.75, 3.05) is 31.5 Å². The van der Waals surface area contributed by atoms with Crippen LogP contribution in [-0.4, -0.2) is 114 Å². The molecule has 4 aliphatic heterocycles. The maximum absolute atomic E-state index is 16.4. The fraction of sp³-hybridized carbons (Fsp3) is 0.571. The van der Waals surface area contributed by atoms with Gasteiger partial charge >= 0.3 is 11.7 Å². The zero-order valence-corrected chi connectivity index (χ0v) is 44.9. The van der Waals surface area contributed by atoms with E-state index in [9.17, 15) is 38.7 Å². The van der Waals surface area contributed by atoms with Crippen molar-refractivity contribution in [1.29, 1.82) is 0 Å². The minimum absolute atomic E-state index is 0.0180. The molecule has 2 saturated carbocycles. The van der Waals surface area contributed by atoms with Gasteiger partial charge in [-0.1, -0.05) is 68.4 Å². The van der Waals surface area contributed by atoms with Gasteiger partial charge in [-0.2, -0.15) is 0 Å². The number of anilines is 1. The molecule has 17 nitrogen and oxygen atoms in total. The summed E-state index contributed by atoms with van der Waals surface area (Å²) in [6.45, 7) is 6.25. The summed E-state index contributed by atoms with van der Waals surface area (Å²) in [4.78, 5) is 102. The maximum atomic E-state index is 16.4. The minimum atomic E-state index is -1.41. The smallest absolute Gasteiger partial charge is 0.329 e. The number of nitrogens with one attached hydrogen (secondary N) is 4. The summed E-state index contributed by atoms with van der Waals surface area (Å²) in [6.07, 6.45) is 12.1. The fourth-order valence-corrected chi connectivity index (χ4v) is 14.2. The first-order valence-electron chi connectivity index (χ1n) is 27.1. The van der Waals surface area contributed by atoms with Gasteiger partial charge in [-0.05, 0) is 136 Å². The summed E-state index contributed by atoms with van der Waals surface area (Å²) < 4.78 is 19.5. The van der Waals surface area contributed by atoms with Gasteiger partial charge in [0, 0.05) is 73.4 Å². The lowest BCUT2D eigenvalue weighted by molar-refractivity contribution is -0.156. The van der Waals surface area contributed by atoms with Crippen LogP contribution in [0.5, 0.6) is 0 Å². The van der Waals surface area contributed by atoms with E-state index >= 15 is 4.39 Å². The molecule has 5 amide bonds. The number of piperazine rings is 1. The average Bonchev–Trinajstić information content (AvgIpc) is 4.05. The number of rotatable bonds is 14. The van der Waals surface area contributed by atoms with Crippen LogP contribution in [0.2, 0.25) is 10.2 Å². The van der Waals surface area contributed by atoms with Crippen molar-refractivity contribution in [2.24, 2.45) is 18.4 Å². The molecule has 10 rings (SSSR count). The average molecular weight is 1090 g/mol. The Labute approximate surface area is 451 Å². The third-order valence-electron chi connectivity index (χ3n) is 18.0. The molecule has 1 unspecified atom stereocenters. The molecule has 0 bridgehead atoms. The van der Waals surface area contributed by atoms with E-state index in [2.05, 4.69) is 45.0 Å². The highest BCUT2D eigenvalue weighted by molar-refractivity contribution is 6.31. The van der Waals surface area contributed by atoms with Crippen LogP contribution >= 0.6 is 23.2 Å². The predicted octanol–water partition coefficient (Wildman–Crippen LogP) is 6.91. The molecule has 5 fully saturated rings. The first-order valence-corrected chi connectivity index (χ1v) is 27.9. The van der Waals surface area contributed by atoms with Gasteiger partial charge in [0.1, 0.15) is 17.5 Å². The number of fused-ring (bicyclic) bond motifs is 4. The molecule has 0 radical (unpaired) electrons. The fourth-order valence-electron chi connectivity index (χ4n) is 13.8. The summed E-state index contributed by atoms with van der Waals surface area (Å²) in [5, 5.41) is 22.8. The first-order chi connectivity index (χ1) is 36.3. The molecular weight excluding hydrogens is 1020 g/mol. The third kappa shape index (κ3) is 9.73. The van der Waals surface area contributed by atoms with Crippen LogP contribution < -0.4 is 27.0 Å². The summed E-state index contributed by atoms with van der Waals surface area (Å²) in [6, 6.07) is 9.57. The van der Waals surface area contributed by atoms with E-state index < -0.39 is 58.6 Å². The second-order valence-electron chi connectivity index (χ2n) is 23.1. The predicted molar refractivity (Wildman–Crippen MR) is 284 cm³/mol. The number of carboxylic acids is 1. The first kappa shape index (κ1) is 53.7. The van der Waals surface area contributed by atoms with Crippen molar-refractivity contribution in [3.8, 4) is 0 Å². The van der Waals surface area contributed by atoms with Gasteiger partial charge in [-0.15, -0.1) is 0 Å². The largest absolute Gasteiger partial charge is 0.480 e. The number of halogens is 3. The van der Waals surface area contributed by atoms with Crippen LogP contribution in [0.4, 0.5) is 10.1 Å². The number of hydrogen-bond acceptors (Lipinski definition) is 10. The Kier molecular flexibility index (Phi) is 15.0. The molecule has 406 valence electrons. The summed E-state index contributed by atoms with van der Waals surface area (Å²) in [5.74, 6) is -4.91. The van der Waals surface area contributed by atoms with E-state index in [0.29, 0.717) is 73.4 Å². The number of carbonyl (C=O) groups excluding carboxylic acids is 5. The van der Waals surface area contributed by atoms with E-state index in [1.54, 1.807) is 23.7 Å². The zero-order valence-electron chi connectivity index (χ0n) is 43.4. The second-order valence-corrected chi connectivity index (χ2v) is 23.9. The third-order valence-corrected chi connectivity index (χ3v) is 18.5. The summed E-state index contributed by atoms with van der Waals surface area (Å²) in [5.41, 5.74) is 1.15. The number of hydrogen-bond donors (Lipinski definition) is 5. The number of amides is 5. The number of unbranched alkanes of at least 4 members (excludes halogenated alkanes) is 4. The molecule has 5 N–H and O–H groups in total. The van der Waals surface area contributed by atoms with E-state index in [4.69, 9.17) is 23.2 Å². The SMILES string of the molecule is Cn1c(=O)n(C2CCC(=O)NC2=O)c2ccc(CCCCCCCN3CCN(C(=O)C4CCC(NC(=O)[C@@H]5NC6(CCC(C)(C)CC6)[C@@]6(C(=O)Nc7cc(Cl)ccc76)[C@H]5c5ccnc(Cl)c5F)CC4)[C@H](C(=O)O)C3)cc21. The van der Waals surface area contributed by atoms with E-state index in [1.165, 1.54) is 21.7 Å². The molecule has 76 heavy (non-hydrogen) atoms. The number of aromatic nitrogens is 3. The number of imide groups is 1. The van der Waals surface area contributed by atoms with Crippen molar-refractivity contribution < 1.29 is 38.3 Å². The highest BCUT2D eigenvalue weighted by atomic mass is 35.5. The number of aryl methyl sites for hydroxylation is 2. The number of benzene rings is 2.